The Morgan fingerprint density at radius 1 is 1.35 bits per heavy atom. The number of rotatable bonds is 1. The van der Waals surface area contributed by atoms with Crippen molar-refractivity contribution >= 4 is 17.3 Å². The van der Waals surface area contributed by atoms with Crippen LogP contribution in [-0.2, 0) is 0 Å². The van der Waals surface area contributed by atoms with Crippen LogP contribution in [0.1, 0.15) is 19.3 Å². The van der Waals surface area contributed by atoms with Crippen LogP contribution in [0.5, 0.6) is 0 Å². The van der Waals surface area contributed by atoms with Crippen LogP contribution in [0.4, 0.5) is 5.69 Å². The first kappa shape index (κ1) is 11.3. The van der Waals surface area contributed by atoms with Crippen LogP contribution in [0.25, 0.3) is 0 Å². The third kappa shape index (κ3) is 2.02. The number of pyridine rings is 1. The Kier molecular flexibility index (Phi) is 2.97. The number of aromatic nitrogens is 1. The molecule has 2 fully saturated rings. The van der Waals surface area contributed by atoms with Crippen molar-refractivity contribution in [3.63, 3.8) is 0 Å². The summed E-state index contributed by atoms with van der Waals surface area (Å²) in [6, 6.07) is 2.38. The molecule has 2 N–H and O–H groups in total. The summed E-state index contributed by atoms with van der Waals surface area (Å²) in [5, 5.41) is 0.750. The zero-order valence-corrected chi connectivity index (χ0v) is 10.6. The van der Waals surface area contributed by atoms with E-state index in [4.69, 9.17) is 17.3 Å². The maximum atomic E-state index is 6.23. The molecule has 4 heteroatoms. The second-order valence-corrected chi connectivity index (χ2v) is 5.66. The molecule has 1 aliphatic carbocycles. The Morgan fingerprint density at radius 2 is 2.24 bits per heavy atom. The number of nitrogens with zero attached hydrogens (tertiary/aromatic N) is 2. The Morgan fingerprint density at radius 3 is 3.00 bits per heavy atom. The summed E-state index contributed by atoms with van der Waals surface area (Å²) in [6.07, 6.45) is 7.30. The van der Waals surface area contributed by atoms with E-state index in [1.807, 2.05) is 12.3 Å². The van der Waals surface area contributed by atoms with E-state index in [-0.39, 0.29) is 0 Å². The van der Waals surface area contributed by atoms with E-state index in [1.165, 1.54) is 19.3 Å². The van der Waals surface area contributed by atoms with Crippen molar-refractivity contribution in [1.29, 1.82) is 0 Å². The molecule has 0 aromatic carbocycles. The monoisotopic (exact) mass is 251 g/mol. The Bertz CT molecular complexity index is 409. The fourth-order valence-electron chi connectivity index (χ4n) is 3.34. The summed E-state index contributed by atoms with van der Waals surface area (Å²) in [6.45, 7) is 2.15. The summed E-state index contributed by atoms with van der Waals surface area (Å²) in [5.41, 5.74) is 7.34. The van der Waals surface area contributed by atoms with Gasteiger partial charge in [-0.1, -0.05) is 18.0 Å². The molecule has 3 nitrogen and oxygen atoms in total. The van der Waals surface area contributed by atoms with Gasteiger partial charge in [-0.2, -0.15) is 0 Å². The van der Waals surface area contributed by atoms with Crippen LogP contribution in [0.3, 0.4) is 0 Å². The second kappa shape index (κ2) is 4.46. The normalized spacial score (nSPS) is 32.6. The number of anilines is 1. The minimum absolute atomic E-state index is 0.374. The lowest BCUT2D eigenvalue weighted by Gasteiger charge is -2.29. The SMILES string of the molecule is NC1CCCC2CN(c3ccncc3Cl)CC12. The molecule has 0 spiro atoms. The molecular formula is C13H18ClN3. The zero-order chi connectivity index (χ0) is 11.8. The van der Waals surface area contributed by atoms with E-state index < -0.39 is 0 Å². The van der Waals surface area contributed by atoms with Gasteiger partial charge >= 0.3 is 0 Å². The molecule has 3 unspecified atom stereocenters. The molecule has 0 amide bonds. The van der Waals surface area contributed by atoms with Gasteiger partial charge in [-0.25, -0.2) is 0 Å². The van der Waals surface area contributed by atoms with Crippen molar-refractivity contribution in [3.05, 3.63) is 23.5 Å². The van der Waals surface area contributed by atoms with Gasteiger partial charge in [-0.15, -0.1) is 0 Å². The largest absolute Gasteiger partial charge is 0.370 e. The van der Waals surface area contributed by atoms with E-state index in [9.17, 15) is 0 Å². The lowest BCUT2D eigenvalue weighted by atomic mass is 9.78. The number of hydrogen-bond acceptors (Lipinski definition) is 3. The van der Waals surface area contributed by atoms with Gasteiger partial charge in [0.05, 0.1) is 10.7 Å². The lowest BCUT2D eigenvalue weighted by molar-refractivity contribution is 0.260. The molecule has 3 atom stereocenters. The van der Waals surface area contributed by atoms with Crippen molar-refractivity contribution in [2.75, 3.05) is 18.0 Å². The Hall–Kier alpha value is -0.800. The number of halogens is 1. The topological polar surface area (TPSA) is 42.1 Å². The van der Waals surface area contributed by atoms with Crippen LogP contribution >= 0.6 is 11.6 Å². The van der Waals surface area contributed by atoms with E-state index >= 15 is 0 Å². The van der Waals surface area contributed by atoms with Crippen LogP contribution < -0.4 is 10.6 Å². The summed E-state index contributed by atoms with van der Waals surface area (Å²) >= 11 is 6.20. The second-order valence-electron chi connectivity index (χ2n) is 5.25. The molecular weight excluding hydrogens is 234 g/mol. The van der Waals surface area contributed by atoms with E-state index in [1.54, 1.807) is 6.20 Å². The number of fused-ring (bicyclic) bond motifs is 1. The third-order valence-electron chi connectivity index (χ3n) is 4.25. The van der Waals surface area contributed by atoms with Gasteiger partial charge in [0.15, 0.2) is 0 Å². The van der Waals surface area contributed by atoms with Crippen molar-refractivity contribution in [1.82, 2.24) is 4.98 Å². The van der Waals surface area contributed by atoms with Gasteiger partial charge in [-0.3, -0.25) is 4.98 Å². The highest BCUT2D eigenvalue weighted by Gasteiger charge is 2.39. The van der Waals surface area contributed by atoms with Gasteiger partial charge in [0.25, 0.3) is 0 Å². The fourth-order valence-corrected chi connectivity index (χ4v) is 3.58. The molecule has 1 saturated heterocycles. The Labute approximate surface area is 107 Å². The standard InChI is InChI=1S/C13H18ClN3/c14-11-6-16-5-4-13(11)17-7-9-2-1-3-12(15)10(9)8-17/h4-6,9-10,12H,1-3,7-8,15H2. The van der Waals surface area contributed by atoms with Crippen molar-refractivity contribution < 1.29 is 0 Å². The van der Waals surface area contributed by atoms with Gasteiger partial charge in [-0.05, 0) is 30.7 Å². The molecule has 0 radical (unpaired) electrons. The third-order valence-corrected chi connectivity index (χ3v) is 4.54. The minimum atomic E-state index is 0.374. The first-order chi connectivity index (χ1) is 8.25. The summed E-state index contributed by atoms with van der Waals surface area (Å²) in [5.74, 6) is 1.40. The molecule has 1 aliphatic heterocycles. The van der Waals surface area contributed by atoms with Crippen LogP contribution in [0, 0.1) is 11.8 Å². The molecule has 1 aromatic rings. The molecule has 2 heterocycles. The van der Waals surface area contributed by atoms with Crippen molar-refractivity contribution in [2.24, 2.45) is 17.6 Å². The van der Waals surface area contributed by atoms with Gasteiger partial charge in [0, 0.05) is 31.5 Å². The van der Waals surface area contributed by atoms with Gasteiger partial charge in [0.1, 0.15) is 0 Å². The summed E-state index contributed by atoms with van der Waals surface area (Å²) < 4.78 is 0. The van der Waals surface area contributed by atoms with Crippen LogP contribution in [0.15, 0.2) is 18.5 Å². The Balaban J connectivity index is 1.81. The molecule has 17 heavy (non-hydrogen) atoms. The highest BCUT2D eigenvalue weighted by molar-refractivity contribution is 6.33. The van der Waals surface area contributed by atoms with Crippen molar-refractivity contribution in [3.8, 4) is 0 Å². The van der Waals surface area contributed by atoms with Crippen LogP contribution in [-0.4, -0.2) is 24.1 Å². The maximum Gasteiger partial charge on any atom is 0.0822 e. The zero-order valence-electron chi connectivity index (χ0n) is 9.85. The molecule has 1 saturated carbocycles. The molecule has 92 valence electrons. The van der Waals surface area contributed by atoms with Crippen molar-refractivity contribution in [2.45, 2.75) is 25.3 Å². The number of hydrogen-bond donors (Lipinski definition) is 1. The first-order valence-corrected chi connectivity index (χ1v) is 6.73. The first-order valence-electron chi connectivity index (χ1n) is 6.36. The fraction of sp³-hybridized carbons (Fsp3) is 0.615. The predicted octanol–water partition coefficient (Wildman–Crippen LogP) is 2.30. The molecule has 2 aliphatic rings. The van der Waals surface area contributed by atoms with Crippen LogP contribution in [0.2, 0.25) is 5.02 Å². The van der Waals surface area contributed by atoms with Gasteiger partial charge < -0.3 is 10.6 Å². The van der Waals surface area contributed by atoms with E-state index in [2.05, 4.69) is 9.88 Å². The van der Waals surface area contributed by atoms with Gasteiger partial charge in [0.2, 0.25) is 0 Å². The quantitative estimate of drug-likeness (QED) is 0.833. The van der Waals surface area contributed by atoms with E-state index in [0.717, 1.165) is 29.7 Å². The summed E-state index contributed by atoms with van der Waals surface area (Å²) in [4.78, 5) is 6.42. The highest BCUT2D eigenvalue weighted by atomic mass is 35.5. The lowest BCUT2D eigenvalue weighted by Crippen LogP contribution is -2.38. The molecule has 0 bridgehead atoms. The molecule has 1 aromatic heterocycles. The predicted molar refractivity (Wildman–Crippen MR) is 70.3 cm³/mol. The highest BCUT2D eigenvalue weighted by Crippen LogP contribution is 2.39. The maximum absolute atomic E-state index is 6.23. The average molecular weight is 252 g/mol. The summed E-state index contributed by atoms with van der Waals surface area (Å²) in [7, 11) is 0. The molecule has 3 rings (SSSR count). The minimum Gasteiger partial charge on any atom is -0.370 e. The average Bonchev–Trinajstić information content (AvgIpc) is 2.75. The van der Waals surface area contributed by atoms with E-state index in [0.29, 0.717) is 12.0 Å². The smallest absolute Gasteiger partial charge is 0.0822 e. The number of nitrogens with two attached hydrogens (primary N) is 1.